The number of aliphatic hydroxyl groups is 1. The summed E-state index contributed by atoms with van der Waals surface area (Å²) in [6.45, 7) is 0.903. The molecule has 1 aliphatic heterocycles. The molecule has 1 aromatic heterocycles. The standard InChI is InChI=1S/C11H13ClN2O2/c12-8-3-9(13-4-8)10(15)14-5-11(16,6-14)7-1-2-7/h3-4,7,13,16H,1-2,5-6H2. The number of carbonyl (C=O) groups excluding carboxylic acids is 1. The number of rotatable bonds is 2. The number of β-amino-alcohol motifs (C(OH)–C–C–N with tert-alkyl or cyclic N) is 1. The molecule has 0 bridgehead atoms. The number of aromatic amines is 1. The average molecular weight is 241 g/mol. The Labute approximate surface area is 98.2 Å². The molecule has 0 spiro atoms. The molecule has 1 amide bonds. The summed E-state index contributed by atoms with van der Waals surface area (Å²) >= 11 is 5.74. The van der Waals surface area contributed by atoms with E-state index in [-0.39, 0.29) is 5.91 Å². The van der Waals surface area contributed by atoms with Crippen molar-refractivity contribution < 1.29 is 9.90 Å². The van der Waals surface area contributed by atoms with Crippen LogP contribution in [0.4, 0.5) is 0 Å². The third-order valence-corrected chi connectivity index (χ3v) is 3.65. The van der Waals surface area contributed by atoms with Gasteiger partial charge in [0.05, 0.1) is 18.1 Å². The Hall–Kier alpha value is -1.00. The van der Waals surface area contributed by atoms with Gasteiger partial charge in [-0.15, -0.1) is 0 Å². The van der Waals surface area contributed by atoms with Gasteiger partial charge in [-0.1, -0.05) is 11.6 Å². The maximum atomic E-state index is 11.9. The molecule has 2 fully saturated rings. The van der Waals surface area contributed by atoms with Gasteiger partial charge in [-0.05, 0) is 24.8 Å². The fourth-order valence-electron chi connectivity index (χ4n) is 2.30. The lowest BCUT2D eigenvalue weighted by atomic mass is 9.88. The molecule has 2 aliphatic rings. The molecule has 3 rings (SSSR count). The Balaban J connectivity index is 1.66. The number of nitrogens with one attached hydrogen (secondary N) is 1. The van der Waals surface area contributed by atoms with E-state index in [1.54, 1.807) is 17.2 Å². The Bertz CT molecular complexity index is 433. The monoisotopic (exact) mass is 240 g/mol. The second-order valence-corrected chi connectivity index (χ2v) is 5.21. The largest absolute Gasteiger partial charge is 0.386 e. The van der Waals surface area contributed by atoms with Crippen molar-refractivity contribution in [2.24, 2.45) is 5.92 Å². The highest BCUT2D eigenvalue weighted by atomic mass is 35.5. The van der Waals surface area contributed by atoms with Crippen molar-refractivity contribution >= 4 is 17.5 Å². The summed E-state index contributed by atoms with van der Waals surface area (Å²) in [5.74, 6) is 0.320. The van der Waals surface area contributed by atoms with Gasteiger partial charge >= 0.3 is 0 Å². The van der Waals surface area contributed by atoms with Crippen molar-refractivity contribution in [2.45, 2.75) is 18.4 Å². The van der Waals surface area contributed by atoms with Crippen molar-refractivity contribution in [3.05, 3.63) is 23.0 Å². The van der Waals surface area contributed by atoms with Gasteiger partial charge in [-0.3, -0.25) is 4.79 Å². The van der Waals surface area contributed by atoms with Crippen LogP contribution >= 0.6 is 11.6 Å². The highest BCUT2D eigenvalue weighted by Gasteiger charge is 2.53. The van der Waals surface area contributed by atoms with Crippen LogP contribution in [0, 0.1) is 5.92 Å². The molecule has 2 N–H and O–H groups in total. The lowest BCUT2D eigenvalue weighted by molar-refractivity contribution is -0.0959. The Morgan fingerprint density at radius 2 is 2.25 bits per heavy atom. The van der Waals surface area contributed by atoms with Gasteiger partial charge in [-0.25, -0.2) is 0 Å². The smallest absolute Gasteiger partial charge is 0.270 e. The van der Waals surface area contributed by atoms with E-state index in [0.717, 1.165) is 12.8 Å². The molecule has 1 aromatic rings. The average Bonchev–Trinajstić information content (AvgIpc) is 2.96. The lowest BCUT2D eigenvalue weighted by Gasteiger charge is -2.46. The summed E-state index contributed by atoms with van der Waals surface area (Å²) < 4.78 is 0. The third-order valence-electron chi connectivity index (χ3n) is 3.43. The molecule has 86 valence electrons. The molecule has 4 nitrogen and oxygen atoms in total. The number of carbonyl (C=O) groups is 1. The maximum absolute atomic E-state index is 11.9. The van der Waals surface area contributed by atoms with Crippen LogP contribution in [-0.2, 0) is 0 Å². The van der Waals surface area contributed by atoms with Gasteiger partial charge in [0, 0.05) is 6.20 Å². The number of hydrogen-bond acceptors (Lipinski definition) is 2. The number of hydrogen-bond donors (Lipinski definition) is 2. The Morgan fingerprint density at radius 3 is 2.75 bits per heavy atom. The van der Waals surface area contributed by atoms with E-state index in [1.807, 2.05) is 0 Å². The summed E-state index contributed by atoms with van der Waals surface area (Å²) in [5, 5.41) is 10.6. The van der Waals surface area contributed by atoms with Gasteiger partial charge in [0.1, 0.15) is 11.3 Å². The minimum absolute atomic E-state index is 0.0859. The number of H-pyrrole nitrogens is 1. The molecule has 16 heavy (non-hydrogen) atoms. The molecule has 2 heterocycles. The quantitative estimate of drug-likeness (QED) is 0.818. The molecule has 0 unspecified atom stereocenters. The van der Waals surface area contributed by atoms with Crippen molar-refractivity contribution in [2.75, 3.05) is 13.1 Å². The maximum Gasteiger partial charge on any atom is 0.270 e. The molecule has 1 aliphatic carbocycles. The third kappa shape index (κ3) is 1.53. The zero-order valence-corrected chi connectivity index (χ0v) is 9.50. The zero-order valence-electron chi connectivity index (χ0n) is 8.74. The summed E-state index contributed by atoms with van der Waals surface area (Å²) in [5.41, 5.74) is -0.130. The first-order valence-electron chi connectivity index (χ1n) is 5.44. The second kappa shape index (κ2) is 3.25. The van der Waals surface area contributed by atoms with Crippen molar-refractivity contribution in [3.63, 3.8) is 0 Å². The first kappa shape index (κ1) is 10.2. The molecular weight excluding hydrogens is 228 g/mol. The van der Waals surface area contributed by atoms with Gasteiger partial charge < -0.3 is 15.0 Å². The number of aromatic nitrogens is 1. The highest BCUT2D eigenvalue weighted by Crippen LogP contribution is 2.44. The van der Waals surface area contributed by atoms with Gasteiger partial charge in [0.25, 0.3) is 5.91 Å². The number of likely N-dealkylation sites (tertiary alicyclic amines) is 1. The minimum atomic E-state index is -0.619. The van der Waals surface area contributed by atoms with Crippen LogP contribution in [0.3, 0.4) is 0 Å². The minimum Gasteiger partial charge on any atom is -0.386 e. The van der Waals surface area contributed by atoms with E-state index in [4.69, 9.17) is 11.6 Å². The number of halogens is 1. The van der Waals surface area contributed by atoms with Crippen molar-refractivity contribution in [1.29, 1.82) is 0 Å². The van der Waals surface area contributed by atoms with Crippen molar-refractivity contribution in [3.8, 4) is 0 Å². The van der Waals surface area contributed by atoms with Crippen LogP contribution in [0.2, 0.25) is 5.02 Å². The van der Waals surface area contributed by atoms with E-state index in [0.29, 0.717) is 29.7 Å². The number of amides is 1. The second-order valence-electron chi connectivity index (χ2n) is 4.77. The van der Waals surface area contributed by atoms with E-state index in [1.165, 1.54) is 0 Å². The lowest BCUT2D eigenvalue weighted by Crippen LogP contribution is -2.64. The summed E-state index contributed by atoms with van der Waals surface area (Å²) in [6.07, 6.45) is 3.77. The predicted octanol–water partition coefficient (Wildman–Crippen LogP) is 1.26. The van der Waals surface area contributed by atoms with E-state index in [9.17, 15) is 9.90 Å². The molecule has 0 atom stereocenters. The summed E-state index contributed by atoms with van der Waals surface area (Å²) in [7, 11) is 0. The predicted molar refractivity (Wildman–Crippen MR) is 59.4 cm³/mol. The van der Waals surface area contributed by atoms with E-state index >= 15 is 0 Å². The topological polar surface area (TPSA) is 56.3 Å². The SMILES string of the molecule is O=C(c1cc(Cl)c[nH]1)N1CC(O)(C2CC2)C1. The van der Waals surface area contributed by atoms with Crippen LogP contribution < -0.4 is 0 Å². The number of nitrogens with zero attached hydrogens (tertiary/aromatic N) is 1. The summed E-state index contributed by atoms with van der Waals surface area (Å²) in [4.78, 5) is 16.4. The Morgan fingerprint density at radius 1 is 1.56 bits per heavy atom. The fraction of sp³-hybridized carbons (Fsp3) is 0.545. The zero-order chi connectivity index (χ0) is 11.3. The normalized spacial score (nSPS) is 23.0. The van der Waals surface area contributed by atoms with Crippen LogP contribution in [0.25, 0.3) is 0 Å². The Kier molecular flexibility index (Phi) is 2.06. The van der Waals surface area contributed by atoms with E-state index < -0.39 is 5.60 Å². The van der Waals surface area contributed by atoms with Crippen LogP contribution in [0.1, 0.15) is 23.3 Å². The van der Waals surface area contributed by atoms with Crippen molar-refractivity contribution in [1.82, 2.24) is 9.88 Å². The molecular formula is C11H13ClN2O2. The molecule has 0 radical (unpaired) electrons. The highest BCUT2D eigenvalue weighted by molar-refractivity contribution is 6.30. The molecule has 1 saturated heterocycles. The first-order chi connectivity index (χ1) is 7.58. The van der Waals surface area contributed by atoms with Crippen LogP contribution in [-0.4, -0.2) is 39.6 Å². The summed E-state index contributed by atoms with van der Waals surface area (Å²) in [6, 6.07) is 1.61. The molecule has 1 saturated carbocycles. The van der Waals surface area contributed by atoms with Crippen LogP contribution in [0.5, 0.6) is 0 Å². The fourth-order valence-corrected chi connectivity index (χ4v) is 2.46. The molecule has 0 aromatic carbocycles. The van der Waals surface area contributed by atoms with Gasteiger partial charge in [0.2, 0.25) is 0 Å². The van der Waals surface area contributed by atoms with Crippen LogP contribution in [0.15, 0.2) is 12.3 Å². The first-order valence-corrected chi connectivity index (χ1v) is 5.82. The van der Waals surface area contributed by atoms with E-state index in [2.05, 4.69) is 4.98 Å². The van der Waals surface area contributed by atoms with Gasteiger partial charge in [-0.2, -0.15) is 0 Å². The van der Waals surface area contributed by atoms with Gasteiger partial charge in [0.15, 0.2) is 0 Å². The molecule has 5 heteroatoms.